The largest absolute Gasteiger partial charge is 0.493 e. The summed E-state index contributed by atoms with van der Waals surface area (Å²) < 4.78 is 40.3. The van der Waals surface area contributed by atoms with Crippen molar-refractivity contribution in [1.29, 1.82) is 0 Å². The van der Waals surface area contributed by atoms with Gasteiger partial charge in [0, 0.05) is 35.2 Å². The van der Waals surface area contributed by atoms with E-state index in [-0.39, 0.29) is 73.9 Å². The summed E-state index contributed by atoms with van der Waals surface area (Å²) in [6.07, 6.45) is 0.0964. The second-order valence-corrected chi connectivity index (χ2v) is 14.4. The molecule has 1 atom stereocenters. The first kappa shape index (κ1) is 43.5. The van der Waals surface area contributed by atoms with E-state index in [1.54, 1.807) is 66.7 Å². The standard InChI is InChI=1S/C45H42ClN3O13/c1-2-59-37-25-39-32(23-31(37)26-5-3-6-27(21-26)42(47)52)35(50)24-38(62-39)29-10-9-28(22-33(29)46)60-19-17-57-15-13-56-14-16-58-18-20-61-36-8-4-7-30-41(36)45(55)49(44(30)54)34-11-12-40(51)48-43(34)53/h3-10,21-25,34H,2,11-20H2,1H3,(H2,47,52)(H,48,51,53). The summed E-state index contributed by atoms with van der Waals surface area (Å²) in [5, 5.41) is 2.81. The molecule has 5 amide bonds. The molecule has 1 saturated heterocycles. The fourth-order valence-electron chi connectivity index (χ4n) is 7.02. The number of amides is 5. The lowest BCUT2D eigenvalue weighted by Gasteiger charge is -2.27. The number of rotatable bonds is 20. The Labute approximate surface area is 359 Å². The molecule has 5 aromatic rings. The molecule has 3 N–H and O–H groups in total. The van der Waals surface area contributed by atoms with Crippen molar-refractivity contribution in [2.45, 2.75) is 25.8 Å². The molecule has 0 spiro atoms. The topological polar surface area (TPSA) is 212 Å². The van der Waals surface area contributed by atoms with Crippen LogP contribution < -0.4 is 30.7 Å². The summed E-state index contributed by atoms with van der Waals surface area (Å²) in [6.45, 7) is 4.24. The van der Waals surface area contributed by atoms with Crippen LogP contribution in [0.25, 0.3) is 33.4 Å². The van der Waals surface area contributed by atoms with Crippen LogP contribution in [-0.4, -0.2) is 99.9 Å². The number of carbonyl (C=O) groups excluding carboxylic acids is 5. The van der Waals surface area contributed by atoms with Crippen molar-refractivity contribution in [3.8, 4) is 39.7 Å². The Morgan fingerprint density at radius 2 is 1.47 bits per heavy atom. The van der Waals surface area contributed by atoms with Gasteiger partial charge in [-0.05, 0) is 67.4 Å². The van der Waals surface area contributed by atoms with Crippen molar-refractivity contribution in [1.82, 2.24) is 10.2 Å². The number of carbonyl (C=O) groups is 5. The second kappa shape index (κ2) is 19.9. The number of piperidine rings is 1. The molecule has 16 nitrogen and oxygen atoms in total. The van der Waals surface area contributed by atoms with E-state index in [0.29, 0.717) is 76.2 Å². The van der Waals surface area contributed by atoms with Crippen molar-refractivity contribution < 1.29 is 56.8 Å². The molecule has 2 aliphatic heterocycles. The maximum absolute atomic E-state index is 13.4. The molecule has 17 heteroatoms. The molecule has 4 aromatic carbocycles. The van der Waals surface area contributed by atoms with E-state index < -0.39 is 35.6 Å². The van der Waals surface area contributed by atoms with Crippen molar-refractivity contribution in [3.05, 3.63) is 111 Å². The first-order valence-corrected chi connectivity index (χ1v) is 20.2. The molecule has 0 radical (unpaired) electrons. The number of nitrogens with two attached hydrogens (primary N) is 1. The highest BCUT2D eigenvalue weighted by atomic mass is 35.5. The monoisotopic (exact) mass is 867 g/mol. The minimum absolute atomic E-state index is 0.0323. The Balaban J connectivity index is 0.806. The Kier molecular flexibility index (Phi) is 13.9. The van der Waals surface area contributed by atoms with Gasteiger partial charge < -0.3 is 38.6 Å². The summed E-state index contributed by atoms with van der Waals surface area (Å²) >= 11 is 6.63. The highest BCUT2D eigenvalue weighted by Gasteiger charge is 2.46. The normalized spacial score (nSPS) is 14.9. The molecule has 3 heterocycles. The van der Waals surface area contributed by atoms with Crippen LogP contribution in [0.3, 0.4) is 0 Å². The Morgan fingerprint density at radius 1 is 0.758 bits per heavy atom. The average molecular weight is 868 g/mol. The third kappa shape index (κ3) is 9.79. The first-order chi connectivity index (χ1) is 30.0. The fraction of sp³-hybridized carbons (Fsp3) is 0.289. The Bertz CT molecular complexity index is 2590. The van der Waals surface area contributed by atoms with Crippen LogP contribution >= 0.6 is 11.6 Å². The Morgan fingerprint density at radius 3 is 2.16 bits per heavy atom. The molecule has 62 heavy (non-hydrogen) atoms. The van der Waals surface area contributed by atoms with Crippen molar-refractivity contribution in [2.24, 2.45) is 5.73 Å². The van der Waals surface area contributed by atoms with Crippen molar-refractivity contribution in [3.63, 3.8) is 0 Å². The SMILES string of the molecule is CCOc1cc2oc(-c3ccc(OCCOCCOCCOCCOc4cccc5c4C(=O)N(C4CCC(=O)NC4=O)C5=O)cc3Cl)cc(=O)c2cc1-c1cccc(C(N)=O)c1. The van der Waals surface area contributed by atoms with E-state index in [0.717, 1.165) is 4.90 Å². The average Bonchev–Trinajstić information content (AvgIpc) is 3.51. The van der Waals surface area contributed by atoms with Crippen LogP contribution in [-0.2, 0) is 23.8 Å². The third-order valence-corrected chi connectivity index (χ3v) is 10.3. The van der Waals surface area contributed by atoms with E-state index in [9.17, 15) is 28.8 Å². The van der Waals surface area contributed by atoms with E-state index in [1.165, 1.54) is 12.1 Å². The van der Waals surface area contributed by atoms with E-state index in [2.05, 4.69) is 5.32 Å². The maximum atomic E-state index is 13.4. The fourth-order valence-corrected chi connectivity index (χ4v) is 7.28. The first-order valence-electron chi connectivity index (χ1n) is 19.8. The molecular weight excluding hydrogens is 826 g/mol. The van der Waals surface area contributed by atoms with Crippen LogP contribution in [0.4, 0.5) is 0 Å². The van der Waals surface area contributed by atoms with Crippen molar-refractivity contribution >= 4 is 52.1 Å². The highest BCUT2D eigenvalue weighted by Crippen LogP contribution is 2.37. The van der Waals surface area contributed by atoms with E-state index >= 15 is 0 Å². The smallest absolute Gasteiger partial charge is 0.266 e. The van der Waals surface area contributed by atoms with Gasteiger partial charge in [0.2, 0.25) is 17.7 Å². The molecule has 1 fully saturated rings. The van der Waals surface area contributed by atoms with Gasteiger partial charge in [-0.25, -0.2) is 0 Å². The zero-order chi connectivity index (χ0) is 43.8. The van der Waals surface area contributed by atoms with Gasteiger partial charge in [-0.3, -0.25) is 39.0 Å². The molecule has 0 bridgehead atoms. The molecule has 0 aliphatic carbocycles. The van der Waals surface area contributed by atoms with E-state index in [4.69, 9.17) is 50.2 Å². The molecule has 1 unspecified atom stereocenters. The number of halogens is 1. The van der Waals surface area contributed by atoms with E-state index in [1.807, 2.05) is 6.92 Å². The zero-order valence-corrected chi connectivity index (χ0v) is 34.3. The van der Waals surface area contributed by atoms with Gasteiger partial charge in [0.05, 0.1) is 67.8 Å². The van der Waals surface area contributed by atoms with Gasteiger partial charge in [-0.1, -0.05) is 29.8 Å². The third-order valence-electron chi connectivity index (χ3n) is 9.95. The summed E-state index contributed by atoms with van der Waals surface area (Å²) in [5.74, 6) is -1.51. The number of hydrogen-bond acceptors (Lipinski definition) is 13. The summed E-state index contributed by atoms with van der Waals surface area (Å²) in [7, 11) is 0. The van der Waals surface area contributed by atoms with Crippen LogP contribution in [0, 0.1) is 0 Å². The summed E-state index contributed by atoms with van der Waals surface area (Å²) in [5.41, 5.74) is 7.81. The molecule has 322 valence electrons. The summed E-state index contributed by atoms with van der Waals surface area (Å²) in [4.78, 5) is 76.1. The van der Waals surface area contributed by atoms with Gasteiger partial charge >= 0.3 is 0 Å². The molecule has 2 aliphatic rings. The molecule has 0 saturated carbocycles. The lowest BCUT2D eigenvalue weighted by Crippen LogP contribution is -2.54. The van der Waals surface area contributed by atoms with Crippen LogP contribution in [0.1, 0.15) is 50.8 Å². The molecule has 7 rings (SSSR count). The number of benzene rings is 4. The number of fused-ring (bicyclic) bond motifs is 2. The quantitative estimate of drug-likeness (QED) is 0.0763. The minimum atomic E-state index is -1.06. The van der Waals surface area contributed by atoms with Crippen LogP contribution in [0.5, 0.6) is 17.2 Å². The van der Waals surface area contributed by atoms with Crippen molar-refractivity contribution in [2.75, 3.05) is 59.5 Å². The summed E-state index contributed by atoms with van der Waals surface area (Å²) in [6, 6.07) is 20.1. The lowest BCUT2D eigenvalue weighted by atomic mass is 9.99. The van der Waals surface area contributed by atoms with Gasteiger partial charge in [0.1, 0.15) is 47.8 Å². The number of ether oxygens (including phenoxy) is 6. The zero-order valence-electron chi connectivity index (χ0n) is 33.6. The highest BCUT2D eigenvalue weighted by molar-refractivity contribution is 6.33. The van der Waals surface area contributed by atoms with Gasteiger partial charge in [0.15, 0.2) is 5.43 Å². The number of hydrogen-bond donors (Lipinski definition) is 2. The van der Waals surface area contributed by atoms with Crippen LogP contribution in [0.15, 0.2) is 88.1 Å². The molecule has 1 aromatic heterocycles. The van der Waals surface area contributed by atoms with Gasteiger partial charge in [-0.2, -0.15) is 0 Å². The number of nitrogens with one attached hydrogen (secondary N) is 1. The predicted molar refractivity (Wildman–Crippen MR) is 225 cm³/mol. The van der Waals surface area contributed by atoms with Gasteiger partial charge in [0.25, 0.3) is 11.8 Å². The number of primary amides is 1. The maximum Gasteiger partial charge on any atom is 0.266 e. The Hall–Kier alpha value is -6.59. The second-order valence-electron chi connectivity index (χ2n) is 14.0. The number of imide groups is 2. The lowest BCUT2D eigenvalue weighted by molar-refractivity contribution is -0.136. The van der Waals surface area contributed by atoms with Crippen LogP contribution in [0.2, 0.25) is 5.02 Å². The van der Waals surface area contributed by atoms with Gasteiger partial charge in [-0.15, -0.1) is 0 Å². The minimum Gasteiger partial charge on any atom is -0.493 e. The predicted octanol–water partition coefficient (Wildman–Crippen LogP) is 5.19. The molecular formula is C45H42ClN3O13. The number of nitrogens with zero attached hydrogens (tertiary/aromatic N) is 1.